The van der Waals surface area contributed by atoms with Gasteiger partial charge in [-0.3, -0.25) is 9.59 Å². The first-order valence-electron chi connectivity index (χ1n) is 11.7. The molecule has 0 aliphatic carbocycles. The third-order valence-corrected chi connectivity index (χ3v) is 6.60. The fourth-order valence-corrected chi connectivity index (χ4v) is 4.55. The van der Waals surface area contributed by atoms with Crippen molar-refractivity contribution >= 4 is 40.1 Å². The highest BCUT2D eigenvalue weighted by atomic mass is 32.1. The number of thiazole rings is 1. The minimum atomic E-state index is -0.249. The molecule has 0 spiro atoms. The number of nitrogens with zero attached hydrogens (tertiary/aromatic N) is 1. The third kappa shape index (κ3) is 6.04. The fraction of sp³-hybridized carbons (Fsp3) is 0.179. The number of ether oxygens (including phenoxy) is 3. The quantitative estimate of drug-likeness (QED) is 0.180. The summed E-state index contributed by atoms with van der Waals surface area (Å²) in [4.78, 5) is 29.9. The highest BCUT2D eigenvalue weighted by Gasteiger charge is 2.20. The molecule has 38 heavy (non-hydrogen) atoms. The van der Waals surface area contributed by atoms with Gasteiger partial charge in [0.1, 0.15) is 10.7 Å². The zero-order valence-corrected chi connectivity index (χ0v) is 22.1. The number of carbonyl (C=O) groups is 2. The molecule has 4 N–H and O–H groups in total. The molecule has 0 bridgehead atoms. The number of aromatic nitrogens is 1. The van der Waals surface area contributed by atoms with Gasteiger partial charge in [0.15, 0.2) is 11.5 Å². The lowest BCUT2D eigenvalue weighted by Gasteiger charge is -2.13. The lowest BCUT2D eigenvalue weighted by Crippen LogP contribution is -2.17. The molecule has 196 valence electrons. The zero-order valence-electron chi connectivity index (χ0n) is 21.2. The number of amides is 1. The molecule has 4 aromatic rings. The largest absolute Gasteiger partial charge is 0.493 e. The maximum absolute atomic E-state index is 13.1. The Kier molecular flexibility index (Phi) is 8.44. The van der Waals surface area contributed by atoms with E-state index in [2.05, 4.69) is 15.6 Å². The second-order valence-corrected chi connectivity index (χ2v) is 9.03. The molecule has 0 saturated heterocycles. The normalized spacial score (nSPS) is 10.5. The molecule has 0 atom stereocenters. The van der Waals surface area contributed by atoms with Crippen molar-refractivity contribution in [3.05, 3.63) is 77.3 Å². The molecule has 9 nitrogen and oxygen atoms in total. The van der Waals surface area contributed by atoms with Crippen molar-refractivity contribution in [3.63, 3.8) is 0 Å². The van der Waals surface area contributed by atoms with Crippen LogP contribution in [-0.2, 0) is 4.79 Å². The van der Waals surface area contributed by atoms with Gasteiger partial charge in [0.05, 0.1) is 32.7 Å². The van der Waals surface area contributed by atoms with Crippen LogP contribution in [0.25, 0.3) is 10.6 Å². The standard InChI is InChI=1S/C28H28N4O5S/c1-35-23-14-18(15-24(36-2)27(23)37-3)26(34)22-16-38-28(32-22)17-8-10-19(11-9-17)30-13-12-25(33)31-21-7-5-4-6-20(21)29/h4-11,14-16,30H,12-13,29H2,1-3H3,(H,31,33). The van der Waals surface area contributed by atoms with E-state index in [0.29, 0.717) is 51.4 Å². The maximum Gasteiger partial charge on any atom is 0.226 e. The summed E-state index contributed by atoms with van der Waals surface area (Å²) in [6.45, 7) is 0.461. The number of hydrogen-bond acceptors (Lipinski definition) is 9. The second kappa shape index (κ2) is 12.1. The van der Waals surface area contributed by atoms with Crippen LogP contribution in [-0.4, -0.2) is 44.5 Å². The number of nitrogens with one attached hydrogen (secondary N) is 2. The third-order valence-electron chi connectivity index (χ3n) is 5.71. The van der Waals surface area contributed by atoms with Crippen LogP contribution in [0.2, 0.25) is 0 Å². The van der Waals surface area contributed by atoms with Crippen molar-refractivity contribution in [1.29, 1.82) is 0 Å². The average molecular weight is 533 g/mol. The van der Waals surface area contributed by atoms with Crippen LogP contribution in [0.4, 0.5) is 17.1 Å². The molecule has 0 saturated carbocycles. The van der Waals surface area contributed by atoms with Crippen molar-refractivity contribution in [2.75, 3.05) is 44.2 Å². The van der Waals surface area contributed by atoms with Crippen molar-refractivity contribution < 1.29 is 23.8 Å². The Labute approximate surface area is 224 Å². The molecule has 10 heteroatoms. The van der Waals surface area contributed by atoms with Crippen LogP contribution in [0.15, 0.2) is 66.0 Å². The Bertz CT molecular complexity index is 1410. The summed E-state index contributed by atoms with van der Waals surface area (Å²) in [5.41, 5.74) is 9.45. The first kappa shape index (κ1) is 26.5. The average Bonchev–Trinajstić information content (AvgIpc) is 3.44. The SMILES string of the molecule is COc1cc(C(=O)c2csc(-c3ccc(NCCC(=O)Nc4ccccc4N)cc3)n2)cc(OC)c1OC. The number of anilines is 3. The van der Waals surface area contributed by atoms with E-state index in [1.807, 2.05) is 36.4 Å². The number of rotatable bonds is 11. The molecule has 0 aliphatic heterocycles. The summed E-state index contributed by atoms with van der Waals surface area (Å²) in [7, 11) is 4.51. The minimum absolute atomic E-state index is 0.126. The summed E-state index contributed by atoms with van der Waals surface area (Å²) >= 11 is 1.38. The van der Waals surface area contributed by atoms with Crippen molar-refractivity contribution in [2.45, 2.75) is 6.42 Å². The van der Waals surface area contributed by atoms with Gasteiger partial charge in [-0.2, -0.15) is 0 Å². The molecule has 0 radical (unpaired) electrons. The van der Waals surface area contributed by atoms with Crippen LogP contribution >= 0.6 is 11.3 Å². The molecule has 0 unspecified atom stereocenters. The first-order chi connectivity index (χ1) is 18.4. The van der Waals surface area contributed by atoms with Gasteiger partial charge in [-0.15, -0.1) is 11.3 Å². The predicted octanol–water partition coefficient (Wildman–Crippen LogP) is 5.09. The van der Waals surface area contributed by atoms with E-state index in [1.165, 1.54) is 32.7 Å². The Hall–Kier alpha value is -4.57. The van der Waals surface area contributed by atoms with Crippen LogP contribution in [0.3, 0.4) is 0 Å². The highest BCUT2D eigenvalue weighted by Crippen LogP contribution is 2.39. The minimum Gasteiger partial charge on any atom is -0.493 e. The van der Waals surface area contributed by atoms with Crippen LogP contribution in [0, 0.1) is 0 Å². The lowest BCUT2D eigenvalue weighted by molar-refractivity contribution is -0.115. The number of nitrogens with two attached hydrogens (primary N) is 1. The topological polar surface area (TPSA) is 125 Å². The predicted molar refractivity (Wildman–Crippen MR) is 150 cm³/mol. The Morgan fingerprint density at radius 3 is 2.26 bits per heavy atom. The van der Waals surface area contributed by atoms with Gasteiger partial charge < -0.3 is 30.6 Å². The van der Waals surface area contributed by atoms with E-state index in [-0.39, 0.29) is 18.1 Å². The number of benzene rings is 3. The molecule has 3 aromatic carbocycles. The molecule has 0 fully saturated rings. The fourth-order valence-electron chi connectivity index (χ4n) is 3.75. The Morgan fingerprint density at radius 2 is 1.63 bits per heavy atom. The van der Waals surface area contributed by atoms with Crippen molar-refractivity contribution in [2.24, 2.45) is 0 Å². The molecule has 1 aromatic heterocycles. The number of carbonyl (C=O) groups excluding carboxylic acids is 2. The summed E-state index contributed by atoms with van der Waals surface area (Å²) in [6.07, 6.45) is 0.287. The van der Waals surface area contributed by atoms with E-state index < -0.39 is 0 Å². The maximum atomic E-state index is 13.1. The molecular formula is C28H28N4O5S. The second-order valence-electron chi connectivity index (χ2n) is 8.17. The van der Waals surface area contributed by atoms with Crippen LogP contribution in [0.5, 0.6) is 17.2 Å². The number of para-hydroxylation sites is 2. The first-order valence-corrected chi connectivity index (χ1v) is 12.6. The summed E-state index contributed by atoms with van der Waals surface area (Å²) in [6, 6.07) is 18.0. The smallest absolute Gasteiger partial charge is 0.226 e. The number of methoxy groups -OCH3 is 3. The van der Waals surface area contributed by atoms with Gasteiger partial charge in [-0.25, -0.2) is 4.98 Å². The van der Waals surface area contributed by atoms with E-state index in [4.69, 9.17) is 19.9 Å². The van der Waals surface area contributed by atoms with Crippen LogP contribution in [0.1, 0.15) is 22.5 Å². The lowest BCUT2D eigenvalue weighted by atomic mass is 10.1. The molecule has 0 aliphatic rings. The van der Waals surface area contributed by atoms with E-state index >= 15 is 0 Å². The van der Waals surface area contributed by atoms with E-state index in [1.54, 1.807) is 29.6 Å². The van der Waals surface area contributed by atoms with E-state index in [9.17, 15) is 9.59 Å². The highest BCUT2D eigenvalue weighted by molar-refractivity contribution is 7.13. The molecule has 1 amide bonds. The number of nitrogen functional groups attached to an aromatic ring is 1. The Morgan fingerprint density at radius 1 is 0.947 bits per heavy atom. The van der Waals surface area contributed by atoms with Gasteiger partial charge >= 0.3 is 0 Å². The van der Waals surface area contributed by atoms with Gasteiger partial charge in [-0.1, -0.05) is 12.1 Å². The van der Waals surface area contributed by atoms with Crippen molar-refractivity contribution in [3.8, 4) is 27.8 Å². The number of hydrogen-bond donors (Lipinski definition) is 3. The summed E-state index contributed by atoms with van der Waals surface area (Å²) in [5, 5.41) is 8.49. The van der Waals surface area contributed by atoms with Gasteiger partial charge in [0.2, 0.25) is 17.4 Å². The molecule has 1 heterocycles. The van der Waals surface area contributed by atoms with Gasteiger partial charge in [0.25, 0.3) is 0 Å². The van der Waals surface area contributed by atoms with Crippen molar-refractivity contribution in [1.82, 2.24) is 4.98 Å². The summed E-state index contributed by atoms with van der Waals surface area (Å²) < 4.78 is 16.0. The molecule has 4 rings (SSSR count). The summed E-state index contributed by atoms with van der Waals surface area (Å²) in [5.74, 6) is 0.839. The zero-order chi connectivity index (χ0) is 27.1. The number of ketones is 1. The van der Waals surface area contributed by atoms with E-state index in [0.717, 1.165) is 11.3 Å². The monoisotopic (exact) mass is 532 g/mol. The van der Waals surface area contributed by atoms with Gasteiger partial charge in [0, 0.05) is 35.2 Å². The van der Waals surface area contributed by atoms with Gasteiger partial charge in [-0.05, 0) is 48.5 Å². The van der Waals surface area contributed by atoms with Crippen LogP contribution < -0.4 is 30.6 Å². The molecular weight excluding hydrogens is 504 g/mol. The Balaban J connectivity index is 1.37.